The van der Waals surface area contributed by atoms with Crippen molar-refractivity contribution in [2.75, 3.05) is 26.2 Å². The summed E-state index contributed by atoms with van der Waals surface area (Å²) in [5.74, 6) is 0.963. The van der Waals surface area contributed by atoms with Gasteiger partial charge in [-0.05, 0) is 44.8 Å². The first kappa shape index (κ1) is 11.4. The molecule has 2 fully saturated rings. The topological polar surface area (TPSA) is 15.3 Å². The van der Waals surface area contributed by atoms with E-state index in [0.717, 1.165) is 12.0 Å². The maximum absolute atomic E-state index is 3.78. The molecule has 0 aliphatic carbocycles. The average molecular weight is 210 g/mol. The molecular weight excluding hydrogens is 184 g/mol. The molecule has 3 unspecified atom stereocenters. The van der Waals surface area contributed by atoms with E-state index in [1.165, 1.54) is 64.7 Å². The molecule has 0 aromatic carbocycles. The molecule has 2 aliphatic rings. The van der Waals surface area contributed by atoms with E-state index in [9.17, 15) is 0 Å². The van der Waals surface area contributed by atoms with Crippen LogP contribution < -0.4 is 5.32 Å². The molecule has 0 aromatic rings. The number of hydrogen-bond acceptors (Lipinski definition) is 2. The van der Waals surface area contributed by atoms with E-state index in [0.29, 0.717) is 0 Å². The average Bonchev–Trinajstić information content (AvgIpc) is 2.64. The van der Waals surface area contributed by atoms with Crippen LogP contribution in [-0.4, -0.2) is 37.1 Å². The molecule has 15 heavy (non-hydrogen) atoms. The molecule has 2 rings (SSSR count). The molecule has 2 saturated heterocycles. The van der Waals surface area contributed by atoms with Crippen molar-refractivity contribution >= 4 is 0 Å². The fourth-order valence-corrected chi connectivity index (χ4v) is 3.06. The number of nitrogens with zero attached hydrogens (tertiary/aromatic N) is 1. The third kappa shape index (κ3) is 3.18. The minimum absolute atomic E-state index is 0.838. The van der Waals surface area contributed by atoms with Crippen molar-refractivity contribution in [3.05, 3.63) is 0 Å². The molecular formula is C13H26N2. The van der Waals surface area contributed by atoms with Crippen molar-refractivity contribution < 1.29 is 0 Å². The molecule has 2 aliphatic heterocycles. The lowest BCUT2D eigenvalue weighted by atomic mass is 9.94. The van der Waals surface area contributed by atoms with Gasteiger partial charge < -0.3 is 10.2 Å². The minimum atomic E-state index is 0.838. The number of rotatable bonds is 6. The van der Waals surface area contributed by atoms with E-state index < -0.39 is 0 Å². The van der Waals surface area contributed by atoms with Crippen LogP contribution in [0.3, 0.4) is 0 Å². The molecule has 0 amide bonds. The standard InChI is InChI=1S/C13H26N2/c1-2-3-4-5-8-14-13-7-10-15-9-6-12(13)11-15/h12-14H,2-11H2,1H3. The molecule has 0 aromatic heterocycles. The molecule has 2 heterocycles. The highest BCUT2D eigenvalue weighted by atomic mass is 15.2. The Morgan fingerprint density at radius 2 is 2.00 bits per heavy atom. The van der Waals surface area contributed by atoms with Gasteiger partial charge in [-0.3, -0.25) is 0 Å². The summed E-state index contributed by atoms with van der Waals surface area (Å²) in [6.07, 6.45) is 8.36. The van der Waals surface area contributed by atoms with Crippen LogP contribution in [0.5, 0.6) is 0 Å². The van der Waals surface area contributed by atoms with E-state index >= 15 is 0 Å². The highest BCUT2D eigenvalue weighted by Gasteiger charge is 2.33. The van der Waals surface area contributed by atoms with Gasteiger partial charge in [0.05, 0.1) is 0 Å². The summed E-state index contributed by atoms with van der Waals surface area (Å²) in [6, 6.07) is 0.838. The number of nitrogens with one attached hydrogen (secondary N) is 1. The Labute approximate surface area is 94.4 Å². The van der Waals surface area contributed by atoms with Gasteiger partial charge in [-0.25, -0.2) is 0 Å². The molecule has 88 valence electrons. The Balaban J connectivity index is 1.58. The van der Waals surface area contributed by atoms with Gasteiger partial charge in [0.1, 0.15) is 0 Å². The van der Waals surface area contributed by atoms with Crippen LogP contribution in [0.25, 0.3) is 0 Å². The summed E-state index contributed by atoms with van der Waals surface area (Å²) in [5, 5.41) is 3.78. The van der Waals surface area contributed by atoms with Gasteiger partial charge in [0, 0.05) is 12.6 Å². The maximum atomic E-state index is 3.78. The quantitative estimate of drug-likeness (QED) is 0.676. The van der Waals surface area contributed by atoms with E-state index in [-0.39, 0.29) is 0 Å². The predicted octanol–water partition coefficient (Wildman–Crippen LogP) is 2.25. The summed E-state index contributed by atoms with van der Waals surface area (Å²) >= 11 is 0. The van der Waals surface area contributed by atoms with Gasteiger partial charge in [0.15, 0.2) is 0 Å². The predicted molar refractivity (Wildman–Crippen MR) is 65.1 cm³/mol. The summed E-state index contributed by atoms with van der Waals surface area (Å²) < 4.78 is 0. The van der Waals surface area contributed by atoms with Gasteiger partial charge in [-0.15, -0.1) is 0 Å². The van der Waals surface area contributed by atoms with Crippen LogP contribution in [-0.2, 0) is 0 Å². The summed E-state index contributed by atoms with van der Waals surface area (Å²) in [6.45, 7) is 7.59. The van der Waals surface area contributed by atoms with Crippen molar-refractivity contribution in [3.8, 4) is 0 Å². The van der Waals surface area contributed by atoms with Crippen molar-refractivity contribution in [2.45, 2.75) is 51.5 Å². The van der Waals surface area contributed by atoms with Crippen LogP contribution in [0.15, 0.2) is 0 Å². The van der Waals surface area contributed by atoms with Crippen LogP contribution >= 0.6 is 0 Å². The van der Waals surface area contributed by atoms with Crippen molar-refractivity contribution in [1.29, 1.82) is 0 Å². The number of unbranched alkanes of at least 4 members (excludes halogenated alkanes) is 3. The second-order valence-electron chi connectivity index (χ2n) is 5.26. The van der Waals surface area contributed by atoms with E-state index in [1.807, 2.05) is 0 Å². The summed E-state index contributed by atoms with van der Waals surface area (Å²) in [7, 11) is 0. The lowest BCUT2D eigenvalue weighted by molar-refractivity contribution is 0.221. The summed E-state index contributed by atoms with van der Waals surface area (Å²) in [4.78, 5) is 2.62. The second-order valence-corrected chi connectivity index (χ2v) is 5.26. The molecule has 2 nitrogen and oxygen atoms in total. The zero-order valence-electron chi connectivity index (χ0n) is 10.2. The van der Waals surface area contributed by atoms with Gasteiger partial charge in [0.25, 0.3) is 0 Å². The lowest BCUT2D eigenvalue weighted by Gasteiger charge is -2.31. The van der Waals surface area contributed by atoms with Crippen molar-refractivity contribution in [1.82, 2.24) is 10.2 Å². The minimum Gasteiger partial charge on any atom is -0.314 e. The lowest BCUT2D eigenvalue weighted by Crippen LogP contribution is -2.44. The second kappa shape index (κ2) is 5.86. The third-order valence-corrected chi connectivity index (χ3v) is 4.07. The number of piperidine rings is 1. The van der Waals surface area contributed by atoms with E-state index in [1.54, 1.807) is 0 Å². The first-order valence-corrected chi connectivity index (χ1v) is 6.86. The Morgan fingerprint density at radius 3 is 2.87 bits per heavy atom. The zero-order valence-corrected chi connectivity index (χ0v) is 10.2. The summed E-state index contributed by atoms with van der Waals surface area (Å²) in [5.41, 5.74) is 0. The molecule has 0 spiro atoms. The fourth-order valence-electron chi connectivity index (χ4n) is 3.06. The van der Waals surface area contributed by atoms with E-state index in [2.05, 4.69) is 17.1 Å². The molecule has 3 atom stereocenters. The molecule has 2 bridgehead atoms. The number of hydrogen-bond donors (Lipinski definition) is 1. The Hall–Kier alpha value is -0.0800. The van der Waals surface area contributed by atoms with Gasteiger partial charge in [0.2, 0.25) is 0 Å². The monoisotopic (exact) mass is 210 g/mol. The molecule has 0 radical (unpaired) electrons. The maximum Gasteiger partial charge on any atom is 0.0120 e. The Bertz CT molecular complexity index is 181. The largest absolute Gasteiger partial charge is 0.314 e. The SMILES string of the molecule is CCCCCCNC1CCN2CCC1C2. The normalized spacial score (nSPS) is 34.6. The van der Waals surface area contributed by atoms with Gasteiger partial charge >= 0.3 is 0 Å². The van der Waals surface area contributed by atoms with Crippen molar-refractivity contribution in [2.24, 2.45) is 5.92 Å². The van der Waals surface area contributed by atoms with Crippen LogP contribution in [0.2, 0.25) is 0 Å². The van der Waals surface area contributed by atoms with Crippen LogP contribution in [0.1, 0.15) is 45.4 Å². The molecule has 2 heteroatoms. The highest BCUT2D eigenvalue weighted by molar-refractivity contribution is 4.90. The van der Waals surface area contributed by atoms with E-state index in [4.69, 9.17) is 0 Å². The van der Waals surface area contributed by atoms with Gasteiger partial charge in [-0.1, -0.05) is 26.2 Å². The third-order valence-electron chi connectivity index (χ3n) is 4.07. The van der Waals surface area contributed by atoms with Gasteiger partial charge in [-0.2, -0.15) is 0 Å². The number of fused-ring (bicyclic) bond motifs is 2. The zero-order chi connectivity index (χ0) is 10.5. The van der Waals surface area contributed by atoms with Crippen molar-refractivity contribution in [3.63, 3.8) is 0 Å². The van der Waals surface area contributed by atoms with Crippen LogP contribution in [0, 0.1) is 5.92 Å². The highest BCUT2D eigenvalue weighted by Crippen LogP contribution is 2.26. The molecule has 0 saturated carbocycles. The Morgan fingerprint density at radius 1 is 1.13 bits per heavy atom. The fraction of sp³-hybridized carbons (Fsp3) is 1.00. The smallest absolute Gasteiger partial charge is 0.0120 e. The first-order chi connectivity index (χ1) is 7.40. The molecule has 1 N–H and O–H groups in total. The van der Waals surface area contributed by atoms with Crippen LogP contribution in [0.4, 0.5) is 0 Å². The Kier molecular flexibility index (Phi) is 4.45. The first-order valence-electron chi connectivity index (χ1n) is 6.86.